The summed E-state index contributed by atoms with van der Waals surface area (Å²) in [6.07, 6.45) is 0. The zero-order valence-corrected chi connectivity index (χ0v) is 23.5. The first-order valence-corrected chi connectivity index (χ1v) is 11.3. The van der Waals surface area contributed by atoms with Crippen LogP contribution in [0.2, 0.25) is 0 Å². The highest BCUT2D eigenvalue weighted by atomic mass is 19.4. The van der Waals surface area contributed by atoms with Gasteiger partial charge >= 0.3 is 88.8 Å². The third kappa shape index (κ3) is 6.42. The lowest BCUT2D eigenvalue weighted by Crippen LogP contribution is -2.79. The molecule has 0 atom stereocenters. The summed E-state index contributed by atoms with van der Waals surface area (Å²) in [7, 11) is 0. The third-order valence-electron chi connectivity index (χ3n) is 5.91. The smallest absolute Gasteiger partial charge is 0.244 e. The van der Waals surface area contributed by atoms with Crippen molar-refractivity contribution < 1.29 is 140 Å². The molecule has 0 aliphatic heterocycles. The molecule has 0 radical (unpaired) electrons. The van der Waals surface area contributed by atoms with Crippen LogP contribution in [-0.4, -0.2) is 95.5 Å². The summed E-state index contributed by atoms with van der Waals surface area (Å²) in [4.78, 5) is 0. The van der Waals surface area contributed by atoms with Crippen molar-refractivity contribution in [1.29, 1.82) is 0 Å². The second-order valence-corrected chi connectivity index (χ2v) is 9.87. The SMILES string of the molecule is C=C(C)F.CC(F)(F)C(F)(F)C(F)(F)C(F)(F)C(F)(F)C(F)(F)C(F)(F)C(F)(F)C(F)(F)C(F)(F)C(F)(F)C(F)(F)C(F)(F)C(F)(F)C(F)(F)CF. The van der Waals surface area contributed by atoms with E-state index in [9.17, 15) is 140 Å². The number of alkyl halides is 31. The molecular weight excluding hydrogens is 848 g/mol. The lowest BCUT2D eigenvalue weighted by Gasteiger charge is -2.46. The molecule has 0 unspecified atom stereocenters. The van der Waals surface area contributed by atoms with E-state index in [-0.39, 0.29) is 5.83 Å². The first kappa shape index (κ1) is 51.6. The maximum absolute atomic E-state index is 13.7. The predicted molar refractivity (Wildman–Crippen MR) is 102 cm³/mol. The largest absolute Gasteiger partial charge is 0.385 e. The van der Waals surface area contributed by atoms with Crippen LogP contribution in [0.15, 0.2) is 12.4 Å². The molecule has 314 valence electrons. The Hall–Kier alpha value is -2.50. The molecule has 0 spiro atoms. The van der Waals surface area contributed by atoms with Gasteiger partial charge < -0.3 is 0 Å². The molecule has 32 heteroatoms. The summed E-state index contributed by atoms with van der Waals surface area (Å²) in [6.45, 7) is -1.81. The van der Waals surface area contributed by atoms with Crippen molar-refractivity contribution in [2.45, 2.75) is 103 Å². The van der Waals surface area contributed by atoms with Crippen molar-refractivity contribution in [2.75, 3.05) is 6.67 Å². The zero-order chi connectivity index (χ0) is 43.8. The van der Waals surface area contributed by atoms with E-state index in [2.05, 4.69) is 6.58 Å². The van der Waals surface area contributed by atoms with Crippen LogP contribution in [0.25, 0.3) is 0 Å². The van der Waals surface area contributed by atoms with Crippen LogP contribution in [0.4, 0.5) is 140 Å². The Morgan fingerprint density at radius 3 is 0.558 bits per heavy atom. The molecule has 0 aromatic carbocycles. The molecule has 0 fully saturated rings. The van der Waals surface area contributed by atoms with Gasteiger partial charge in [-0.15, -0.1) is 0 Å². The van der Waals surface area contributed by atoms with Gasteiger partial charge in [0.2, 0.25) is 0 Å². The van der Waals surface area contributed by atoms with Crippen LogP contribution >= 0.6 is 0 Å². The zero-order valence-electron chi connectivity index (χ0n) is 23.5. The molecule has 0 aliphatic rings. The molecule has 0 aliphatic carbocycles. The van der Waals surface area contributed by atoms with Gasteiger partial charge in [0.15, 0.2) is 6.67 Å². The first-order valence-electron chi connectivity index (χ1n) is 11.3. The molecular formula is C20H10F32. The summed E-state index contributed by atoms with van der Waals surface area (Å²) in [5.74, 6) is -138. The van der Waals surface area contributed by atoms with Crippen molar-refractivity contribution in [2.24, 2.45) is 0 Å². The lowest BCUT2D eigenvalue weighted by atomic mass is 9.83. The maximum atomic E-state index is 13.7. The minimum absolute atomic E-state index is 0.333. The average Bonchev–Trinajstić information content (AvgIpc) is 2.90. The fourth-order valence-corrected chi connectivity index (χ4v) is 2.76. The number of halogens is 32. The minimum Gasteiger partial charge on any atom is -0.244 e. The number of allylic oxidation sites excluding steroid dienone is 1. The number of hydrogen-bond donors (Lipinski definition) is 0. The Morgan fingerprint density at radius 2 is 0.442 bits per heavy atom. The van der Waals surface area contributed by atoms with Crippen molar-refractivity contribution in [3.8, 4) is 0 Å². The van der Waals surface area contributed by atoms with Crippen LogP contribution in [0.5, 0.6) is 0 Å². The van der Waals surface area contributed by atoms with Gasteiger partial charge in [-0.3, -0.25) is 0 Å². The highest BCUT2D eigenvalue weighted by Gasteiger charge is 3.01. The molecule has 52 heavy (non-hydrogen) atoms. The Balaban J connectivity index is 0. The van der Waals surface area contributed by atoms with Crippen LogP contribution in [0.3, 0.4) is 0 Å². The molecule has 0 N–H and O–H groups in total. The summed E-state index contributed by atoms with van der Waals surface area (Å²) in [5.41, 5.74) is 0. The van der Waals surface area contributed by atoms with Crippen LogP contribution in [0, 0.1) is 0 Å². The topological polar surface area (TPSA) is 0 Å². The van der Waals surface area contributed by atoms with Gasteiger partial charge in [-0.05, 0) is 6.92 Å². The van der Waals surface area contributed by atoms with Crippen LogP contribution < -0.4 is 0 Å². The van der Waals surface area contributed by atoms with Gasteiger partial charge in [0.25, 0.3) is 0 Å². The normalized spacial score (nSPS) is 16.4. The predicted octanol–water partition coefficient (Wildman–Crippen LogP) is 12.0. The van der Waals surface area contributed by atoms with Gasteiger partial charge in [-0.25, -0.2) is 8.78 Å². The Kier molecular flexibility index (Phi) is 13.0. The molecule has 0 bridgehead atoms. The highest BCUT2D eigenvalue weighted by Crippen LogP contribution is 2.69. The van der Waals surface area contributed by atoms with Crippen molar-refractivity contribution in [3.63, 3.8) is 0 Å². The fraction of sp³-hybridized carbons (Fsp3) is 0.900. The molecule has 0 aromatic rings. The summed E-state index contributed by atoms with van der Waals surface area (Å²) < 4.78 is 424. The molecule has 0 saturated heterocycles. The van der Waals surface area contributed by atoms with E-state index < -0.39 is 102 Å². The first-order chi connectivity index (χ1) is 21.8. The molecule has 0 heterocycles. The molecule has 0 amide bonds. The van der Waals surface area contributed by atoms with Gasteiger partial charge in [0.05, 0.1) is 5.83 Å². The second-order valence-electron chi connectivity index (χ2n) is 9.87. The molecule has 0 aromatic heterocycles. The number of hydrogen-bond acceptors (Lipinski definition) is 0. The van der Waals surface area contributed by atoms with Gasteiger partial charge in [-0.2, -0.15) is 132 Å². The van der Waals surface area contributed by atoms with Crippen molar-refractivity contribution in [1.82, 2.24) is 0 Å². The van der Waals surface area contributed by atoms with Crippen molar-refractivity contribution in [3.05, 3.63) is 12.4 Å². The molecule has 0 nitrogen and oxygen atoms in total. The van der Waals surface area contributed by atoms with Crippen LogP contribution in [0.1, 0.15) is 13.8 Å². The molecule has 0 saturated carbocycles. The fourth-order valence-electron chi connectivity index (χ4n) is 2.76. The maximum Gasteiger partial charge on any atom is 0.385 e. The lowest BCUT2D eigenvalue weighted by molar-refractivity contribution is -0.487. The minimum atomic E-state index is -10.0. The Bertz CT molecular complexity index is 1260. The van der Waals surface area contributed by atoms with E-state index in [0.29, 0.717) is 0 Å². The standard InChI is InChI=1S/C17H5F31.C3H5F/c1-3(19,20)5(23,24)7(27,28)9(31,32)11(35,36)13(39,40)15(43,44)17(47,48)16(45,46)14(41,42)12(37,38)10(33,34)8(29,30)6(25,26)4(21,22)2-18;1-3(2)4/h2H2,1H3;1H2,2H3. The Labute approximate surface area is 263 Å². The quantitative estimate of drug-likeness (QED) is 0.144. The number of rotatable bonds is 15. The van der Waals surface area contributed by atoms with E-state index in [0.717, 1.165) is 0 Å². The van der Waals surface area contributed by atoms with Gasteiger partial charge in [0, 0.05) is 6.92 Å². The highest BCUT2D eigenvalue weighted by molar-refractivity contribution is 5.21. The van der Waals surface area contributed by atoms with E-state index in [1.165, 1.54) is 6.92 Å². The monoisotopic (exact) mass is 858 g/mol. The summed E-state index contributed by atoms with van der Waals surface area (Å²) in [5, 5.41) is 0. The van der Waals surface area contributed by atoms with E-state index in [4.69, 9.17) is 0 Å². The average molecular weight is 858 g/mol. The van der Waals surface area contributed by atoms with Crippen molar-refractivity contribution >= 4 is 0 Å². The van der Waals surface area contributed by atoms with Gasteiger partial charge in [0.1, 0.15) is 0 Å². The van der Waals surface area contributed by atoms with E-state index in [1.54, 1.807) is 0 Å². The summed E-state index contributed by atoms with van der Waals surface area (Å²) in [6, 6.07) is 0. The third-order valence-corrected chi connectivity index (χ3v) is 5.91. The Morgan fingerprint density at radius 1 is 0.327 bits per heavy atom. The summed E-state index contributed by atoms with van der Waals surface area (Å²) >= 11 is 0. The van der Waals surface area contributed by atoms with E-state index in [1.807, 2.05) is 0 Å². The van der Waals surface area contributed by atoms with Crippen LogP contribution in [-0.2, 0) is 0 Å². The second kappa shape index (κ2) is 13.1. The van der Waals surface area contributed by atoms with Gasteiger partial charge in [-0.1, -0.05) is 6.58 Å². The molecule has 0 rings (SSSR count). The van der Waals surface area contributed by atoms with E-state index >= 15 is 0 Å².